The zero-order valence-electron chi connectivity index (χ0n) is 18.7. The SMILES string of the molecule is Cc1ccc2c(c1)C(=O)CC1(CCN(C(=O)c3ccc(N4CCCC4)c([N+](=O)[O-])c3)CC1)O2. The normalized spacial score (nSPS) is 19.4. The molecule has 0 unspecified atom stereocenters. The predicted octanol–water partition coefficient (Wildman–Crippen LogP) is 4.14. The van der Waals surface area contributed by atoms with Crippen molar-refractivity contribution < 1.29 is 19.2 Å². The van der Waals surface area contributed by atoms with Crippen LogP contribution in [0.1, 0.15) is 58.4 Å². The summed E-state index contributed by atoms with van der Waals surface area (Å²) in [5.41, 5.74) is 1.93. The molecule has 0 saturated carbocycles. The summed E-state index contributed by atoms with van der Waals surface area (Å²) < 4.78 is 6.29. The maximum atomic E-state index is 13.2. The summed E-state index contributed by atoms with van der Waals surface area (Å²) in [4.78, 5) is 40.9. The highest BCUT2D eigenvalue weighted by Crippen LogP contribution is 2.40. The molecule has 0 aliphatic carbocycles. The lowest BCUT2D eigenvalue weighted by Crippen LogP contribution is -2.52. The predicted molar refractivity (Wildman–Crippen MR) is 123 cm³/mol. The number of amides is 1. The smallest absolute Gasteiger partial charge is 0.293 e. The standard InChI is InChI=1S/C25H27N3O5/c1-17-4-7-23-19(14-17)22(29)16-25(33-23)8-12-27(13-9-25)24(30)18-5-6-20(21(15-18)28(31)32)26-10-2-3-11-26/h4-7,14-15H,2-3,8-13,16H2,1H3. The largest absolute Gasteiger partial charge is 0.486 e. The molecule has 3 heterocycles. The van der Waals surface area contributed by atoms with Crippen LogP contribution in [0.3, 0.4) is 0 Å². The minimum atomic E-state index is -0.596. The van der Waals surface area contributed by atoms with Gasteiger partial charge in [0.2, 0.25) is 0 Å². The van der Waals surface area contributed by atoms with E-state index in [4.69, 9.17) is 4.74 Å². The Morgan fingerprint density at radius 1 is 1.06 bits per heavy atom. The molecule has 0 aromatic heterocycles. The topological polar surface area (TPSA) is 93.0 Å². The van der Waals surface area contributed by atoms with Gasteiger partial charge in [-0.25, -0.2) is 0 Å². The number of ketones is 1. The van der Waals surface area contributed by atoms with Gasteiger partial charge in [-0.2, -0.15) is 0 Å². The van der Waals surface area contributed by atoms with E-state index >= 15 is 0 Å². The van der Waals surface area contributed by atoms with E-state index in [2.05, 4.69) is 0 Å². The van der Waals surface area contributed by atoms with E-state index in [-0.39, 0.29) is 17.4 Å². The van der Waals surface area contributed by atoms with Crippen LogP contribution in [0.4, 0.5) is 11.4 Å². The number of benzene rings is 2. The Balaban J connectivity index is 1.31. The van der Waals surface area contributed by atoms with Crippen LogP contribution in [0.15, 0.2) is 36.4 Å². The molecule has 172 valence electrons. The first kappa shape index (κ1) is 21.4. The van der Waals surface area contributed by atoms with Crippen LogP contribution < -0.4 is 9.64 Å². The van der Waals surface area contributed by atoms with Crippen LogP contribution in [-0.4, -0.2) is 53.3 Å². The van der Waals surface area contributed by atoms with Gasteiger partial charge in [0, 0.05) is 50.7 Å². The second-order valence-corrected chi connectivity index (χ2v) is 9.33. The van der Waals surface area contributed by atoms with Crippen molar-refractivity contribution in [1.29, 1.82) is 0 Å². The van der Waals surface area contributed by atoms with E-state index in [1.807, 2.05) is 30.0 Å². The highest BCUT2D eigenvalue weighted by Gasteiger charge is 2.44. The van der Waals surface area contributed by atoms with Gasteiger partial charge in [0.25, 0.3) is 11.6 Å². The minimum Gasteiger partial charge on any atom is -0.486 e. The van der Waals surface area contributed by atoms with E-state index in [0.717, 1.165) is 31.5 Å². The van der Waals surface area contributed by atoms with E-state index in [1.54, 1.807) is 17.0 Å². The number of rotatable bonds is 3. The number of Topliss-reactive ketones (excluding diaryl/α,β-unsaturated/α-hetero) is 1. The molecular weight excluding hydrogens is 422 g/mol. The molecule has 1 spiro atoms. The molecule has 8 nitrogen and oxygen atoms in total. The maximum Gasteiger partial charge on any atom is 0.293 e. The molecule has 1 amide bonds. The lowest BCUT2D eigenvalue weighted by Gasteiger charge is -2.44. The first-order valence-electron chi connectivity index (χ1n) is 11.5. The quantitative estimate of drug-likeness (QED) is 0.516. The Morgan fingerprint density at radius 2 is 1.79 bits per heavy atom. The number of hydrogen-bond acceptors (Lipinski definition) is 6. The van der Waals surface area contributed by atoms with E-state index in [1.165, 1.54) is 6.07 Å². The number of carbonyl (C=O) groups excluding carboxylic acids is 2. The highest BCUT2D eigenvalue weighted by atomic mass is 16.6. The minimum absolute atomic E-state index is 0.0238. The molecule has 0 N–H and O–H groups in total. The summed E-state index contributed by atoms with van der Waals surface area (Å²) in [6.45, 7) is 4.42. The Hall–Kier alpha value is -3.42. The van der Waals surface area contributed by atoms with E-state index in [0.29, 0.717) is 54.9 Å². The summed E-state index contributed by atoms with van der Waals surface area (Å²) in [6, 6.07) is 10.4. The second kappa shape index (κ2) is 8.17. The van der Waals surface area contributed by atoms with Gasteiger partial charge in [-0.3, -0.25) is 19.7 Å². The molecule has 2 fully saturated rings. The average Bonchev–Trinajstić information content (AvgIpc) is 3.34. The van der Waals surface area contributed by atoms with Gasteiger partial charge in [0.1, 0.15) is 17.0 Å². The summed E-state index contributed by atoms with van der Waals surface area (Å²) in [5, 5.41) is 11.7. The van der Waals surface area contributed by atoms with Crippen molar-refractivity contribution in [3.8, 4) is 5.75 Å². The lowest BCUT2D eigenvalue weighted by molar-refractivity contribution is -0.384. The Labute approximate surface area is 192 Å². The lowest BCUT2D eigenvalue weighted by atomic mass is 9.82. The van der Waals surface area contributed by atoms with Gasteiger partial charge < -0.3 is 14.5 Å². The second-order valence-electron chi connectivity index (χ2n) is 9.33. The first-order chi connectivity index (χ1) is 15.8. The molecule has 2 saturated heterocycles. The summed E-state index contributed by atoms with van der Waals surface area (Å²) >= 11 is 0. The summed E-state index contributed by atoms with van der Waals surface area (Å²) in [7, 11) is 0. The van der Waals surface area contributed by atoms with Crippen molar-refractivity contribution in [3.63, 3.8) is 0 Å². The van der Waals surface area contributed by atoms with Crippen LogP contribution in [0.25, 0.3) is 0 Å². The van der Waals surface area contributed by atoms with E-state index in [9.17, 15) is 19.7 Å². The molecule has 2 aromatic rings. The van der Waals surface area contributed by atoms with Crippen molar-refractivity contribution in [3.05, 3.63) is 63.2 Å². The molecular formula is C25H27N3O5. The number of fused-ring (bicyclic) bond motifs is 1. The number of hydrogen-bond donors (Lipinski definition) is 0. The molecule has 0 bridgehead atoms. The number of piperidine rings is 1. The highest BCUT2D eigenvalue weighted by molar-refractivity contribution is 6.00. The van der Waals surface area contributed by atoms with Crippen LogP contribution in [0.2, 0.25) is 0 Å². The van der Waals surface area contributed by atoms with Crippen molar-refractivity contribution >= 4 is 23.1 Å². The molecule has 0 radical (unpaired) electrons. The third kappa shape index (κ3) is 3.94. The van der Waals surface area contributed by atoms with Crippen molar-refractivity contribution in [2.45, 2.75) is 44.6 Å². The Bertz CT molecular complexity index is 1130. The van der Waals surface area contributed by atoms with E-state index < -0.39 is 10.5 Å². The number of anilines is 1. The molecule has 33 heavy (non-hydrogen) atoms. The van der Waals surface area contributed by atoms with Gasteiger partial charge in [0.05, 0.1) is 16.9 Å². The molecule has 8 heteroatoms. The number of carbonyl (C=O) groups is 2. The Kier molecular flexibility index (Phi) is 5.31. The van der Waals surface area contributed by atoms with Gasteiger partial charge in [-0.15, -0.1) is 0 Å². The fourth-order valence-electron chi connectivity index (χ4n) is 5.21. The van der Waals surface area contributed by atoms with Crippen LogP contribution in [0.5, 0.6) is 5.75 Å². The maximum absolute atomic E-state index is 13.2. The number of likely N-dealkylation sites (tertiary alicyclic amines) is 1. The molecule has 0 atom stereocenters. The number of ether oxygens (including phenoxy) is 1. The molecule has 3 aliphatic rings. The zero-order valence-corrected chi connectivity index (χ0v) is 18.7. The fraction of sp³-hybridized carbons (Fsp3) is 0.440. The number of nitrogens with zero attached hydrogens (tertiary/aromatic N) is 3. The third-order valence-corrected chi connectivity index (χ3v) is 7.07. The third-order valence-electron chi connectivity index (χ3n) is 7.07. The van der Waals surface area contributed by atoms with Gasteiger partial charge in [0.15, 0.2) is 5.78 Å². The Morgan fingerprint density at radius 3 is 2.48 bits per heavy atom. The van der Waals surface area contributed by atoms with Gasteiger partial charge in [-0.05, 0) is 44.0 Å². The summed E-state index contributed by atoms with van der Waals surface area (Å²) in [5.74, 6) is 0.469. The monoisotopic (exact) mass is 449 g/mol. The van der Waals surface area contributed by atoms with Crippen LogP contribution in [-0.2, 0) is 0 Å². The fourth-order valence-corrected chi connectivity index (χ4v) is 5.21. The molecule has 5 rings (SSSR count). The van der Waals surface area contributed by atoms with Crippen molar-refractivity contribution in [2.24, 2.45) is 0 Å². The zero-order chi connectivity index (χ0) is 23.2. The first-order valence-corrected chi connectivity index (χ1v) is 11.5. The van der Waals surface area contributed by atoms with Gasteiger partial charge >= 0.3 is 0 Å². The number of nitro benzene ring substituents is 1. The molecule has 3 aliphatic heterocycles. The van der Waals surface area contributed by atoms with Crippen molar-refractivity contribution in [2.75, 3.05) is 31.1 Å². The average molecular weight is 450 g/mol. The van der Waals surface area contributed by atoms with Crippen molar-refractivity contribution in [1.82, 2.24) is 4.90 Å². The van der Waals surface area contributed by atoms with Crippen LogP contribution >= 0.6 is 0 Å². The number of aryl methyl sites for hydroxylation is 1. The van der Waals surface area contributed by atoms with Gasteiger partial charge in [-0.1, -0.05) is 11.6 Å². The number of nitro groups is 1. The summed E-state index contributed by atoms with van der Waals surface area (Å²) in [6.07, 6.45) is 3.43. The van der Waals surface area contributed by atoms with Crippen LogP contribution in [0, 0.1) is 17.0 Å². The molecule has 2 aromatic carbocycles.